The van der Waals surface area contributed by atoms with Crippen LogP contribution >= 0.6 is 0 Å². The normalized spacial score (nSPS) is 12.1. The fourth-order valence-electron chi connectivity index (χ4n) is 2.10. The van der Waals surface area contributed by atoms with E-state index in [1.807, 2.05) is 0 Å². The number of oxazole rings is 1. The van der Waals surface area contributed by atoms with Crippen LogP contribution in [0.5, 0.6) is 0 Å². The van der Waals surface area contributed by atoms with Crippen molar-refractivity contribution in [2.45, 2.75) is 11.4 Å². The molecular formula is C14H13N3O4S. The van der Waals surface area contributed by atoms with Gasteiger partial charge in [0, 0.05) is 32.1 Å². The quantitative estimate of drug-likeness (QED) is 0.782. The van der Waals surface area contributed by atoms with E-state index in [9.17, 15) is 13.2 Å². The van der Waals surface area contributed by atoms with Gasteiger partial charge in [0.15, 0.2) is 5.58 Å². The highest BCUT2D eigenvalue weighted by atomic mass is 32.2. The maximum absolute atomic E-state index is 12.6. The summed E-state index contributed by atoms with van der Waals surface area (Å²) in [5, 5.41) is 0. The Balaban J connectivity index is 1.94. The van der Waals surface area contributed by atoms with E-state index in [0.29, 0.717) is 5.52 Å². The van der Waals surface area contributed by atoms with Crippen LogP contribution < -0.4 is 5.76 Å². The first-order chi connectivity index (χ1) is 10.5. The number of hydrogen-bond donors (Lipinski definition) is 1. The van der Waals surface area contributed by atoms with Gasteiger partial charge in [0.1, 0.15) is 0 Å². The summed E-state index contributed by atoms with van der Waals surface area (Å²) in [6.45, 7) is 0.200. The van der Waals surface area contributed by atoms with Gasteiger partial charge in [0.2, 0.25) is 10.0 Å². The van der Waals surface area contributed by atoms with Crippen molar-refractivity contribution in [2.24, 2.45) is 0 Å². The zero-order chi connectivity index (χ0) is 15.7. The van der Waals surface area contributed by atoms with Crippen molar-refractivity contribution in [1.29, 1.82) is 0 Å². The molecule has 0 bridgehead atoms. The monoisotopic (exact) mass is 319 g/mol. The van der Waals surface area contributed by atoms with Crippen molar-refractivity contribution in [3.63, 3.8) is 0 Å². The molecule has 114 valence electrons. The number of H-pyrrole nitrogens is 1. The number of benzene rings is 1. The van der Waals surface area contributed by atoms with E-state index in [1.165, 1.54) is 29.6 Å². The third-order valence-corrected chi connectivity index (χ3v) is 5.03. The lowest BCUT2D eigenvalue weighted by molar-refractivity contribution is 0.466. The molecule has 2 heterocycles. The SMILES string of the molecule is CN(Cc1cccnc1)S(=O)(=O)c1ccc2[nH]c(=O)oc2c1. The molecule has 3 rings (SSSR count). The zero-order valence-corrected chi connectivity index (χ0v) is 12.5. The lowest BCUT2D eigenvalue weighted by Gasteiger charge is -2.17. The molecule has 0 aliphatic heterocycles. The molecule has 0 fully saturated rings. The van der Waals surface area contributed by atoms with Gasteiger partial charge in [-0.1, -0.05) is 6.07 Å². The first-order valence-corrected chi connectivity index (χ1v) is 7.89. The van der Waals surface area contributed by atoms with Gasteiger partial charge < -0.3 is 4.42 Å². The number of nitrogens with one attached hydrogen (secondary N) is 1. The standard InChI is InChI=1S/C14H13N3O4S/c1-17(9-10-3-2-6-15-8-10)22(19,20)11-4-5-12-13(7-11)21-14(18)16-12/h2-8H,9H2,1H3,(H,16,18). The molecule has 0 saturated carbocycles. The minimum absolute atomic E-state index is 0.0640. The highest BCUT2D eigenvalue weighted by molar-refractivity contribution is 7.89. The molecule has 0 unspecified atom stereocenters. The van der Waals surface area contributed by atoms with Crippen LogP contribution in [0, 0.1) is 0 Å². The molecule has 0 aliphatic carbocycles. The molecule has 7 nitrogen and oxygen atoms in total. The first kappa shape index (κ1) is 14.5. The Bertz CT molecular complexity index is 960. The lowest BCUT2D eigenvalue weighted by atomic mass is 10.3. The molecule has 0 aliphatic rings. The van der Waals surface area contributed by atoms with Gasteiger partial charge in [0.25, 0.3) is 0 Å². The summed E-state index contributed by atoms with van der Waals surface area (Å²) >= 11 is 0. The van der Waals surface area contributed by atoms with Crippen LogP contribution in [0.3, 0.4) is 0 Å². The summed E-state index contributed by atoms with van der Waals surface area (Å²) in [5.41, 5.74) is 1.45. The van der Waals surface area contributed by atoms with E-state index < -0.39 is 15.8 Å². The van der Waals surface area contributed by atoms with Gasteiger partial charge in [-0.05, 0) is 23.8 Å². The third kappa shape index (κ3) is 2.66. The molecular weight excluding hydrogens is 306 g/mol. The number of fused-ring (bicyclic) bond motifs is 1. The molecule has 1 aromatic carbocycles. The maximum Gasteiger partial charge on any atom is 0.417 e. The second-order valence-electron chi connectivity index (χ2n) is 4.79. The van der Waals surface area contributed by atoms with E-state index in [2.05, 4.69) is 9.97 Å². The van der Waals surface area contributed by atoms with Crippen LogP contribution in [0.25, 0.3) is 11.1 Å². The summed E-state index contributed by atoms with van der Waals surface area (Å²) < 4.78 is 31.2. The van der Waals surface area contributed by atoms with Crippen molar-refractivity contribution in [3.8, 4) is 0 Å². The Kier molecular flexibility index (Phi) is 3.55. The van der Waals surface area contributed by atoms with Crippen molar-refractivity contribution < 1.29 is 12.8 Å². The van der Waals surface area contributed by atoms with E-state index in [-0.39, 0.29) is 17.0 Å². The summed E-state index contributed by atoms with van der Waals surface area (Å²) in [6.07, 6.45) is 3.24. The van der Waals surface area contributed by atoms with Crippen molar-refractivity contribution in [2.75, 3.05) is 7.05 Å². The lowest BCUT2D eigenvalue weighted by Crippen LogP contribution is -2.26. The third-order valence-electron chi connectivity index (χ3n) is 3.23. The van der Waals surface area contributed by atoms with Gasteiger partial charge in [-0.25, -0.2) is 13.2 Å². The van der Waals surface area contributed by atoms with Crippen LogP contribution in [-0.2, 0) is 16.6 Å². The molecule has 0 spiro atoms. The Labute approximate surface area is 126 Å². The number of rotatable bonds is 4. The molecule has 0 amide bonds. The summed E-state index contributed by atoms with van der Waals surface area (Å²) in [7, 11) is -2.20. The van der Waals surface area contributed by atoms with E-state index in [0.717, 1.165) is 5.56 Å². The summed E-state index contributed by atoms with van der Waals surface area (Å²) in [6, 6.07) is 7.82. The van der Waals surface area contributed by atoms with Crippen molar-refractivity contribution in [3.05, 3.63) is 58.8 Å². The molecule has 0 radical (unpaired) electrons. The number of aromatic nitrogens is 2. The highest BCUT2D eigenvalue weighted by Crippen LogP contribution is 2.20. The Morgan fingerprint density at radius 1 is 1.32 bits per heavy atom. The molecule has 2 aromatic heterocycles. The predicted octanol–water partition coefficient (Wildman–Crippen LogP) is 1.34. The number of nitrogens with zero attached hydrogens (tertiary/aromatic N) is 2. The predicted molar refractivity (Wildman–Crippen MR) is 79.7 cm³/mol. The molecule has 22 heavy (non-hydrogen) atoms. The largest absolute Gasteiger partial charge is 0.417 e. The average molecular weight is 319 g/mol. The second kappa shape index (κ2) is 5.39. The molecule has 0 atom stereocenters. The van der Waals surface area contributed by atoms with E-state index in [4.69, 9.17) is 4.42 Å². The fourth-order valence-corrected chi connectivity index (χ4v) is 3.27. The summed E-state index contributed by atoms with van der Waals surface area (Å²) in [5.74, 6) is -0.617. The van der Waals surface area contributed by atoms with Gasteiger partial charge in [0.05, 0.1) is 10.4 Å². The highest BCUT2D eigenvalue weighted by Gasteiger charge is 2.22. The number of aromatic amines is 1. The van der Waals surface area contributed by atoms with Crippen molar-refractivity contribution in [1.82, 2.24) is 14.3 Å². The Morgan fingerprint density at radius 3 is 2.86 bits per heavy atom. The molecule has 8 heteroatoms. The smallest absolute Gasteiger partial charge is 0.408 e. The minimum atomic E-state index is -3.69. The van der Waals surface area contributed by atoms with Crippen LogP contribution in [0.15, 0.2) is 56.8 Å². The van der Waals surface area contributed by atoms with E-state index in [1.54, 1.807) is 24.5 Å². The van der Waals surface area contributed by atoms with Crippen LogP contribution in [0.1, 0.15) is 5.56 Å². The minimum Gasteiger partial charge on any atom is -0.408 e. The molecule has 1 N–H and O–H groups in total. The first-order valence-electron chi connectivity index (χ1n) is 6.45. The zero-order valence-electron chi connectivity index (χ0n) is 11.7. The molecule has 3 aromatic rings. The molecule has 0 saturated heterocycles. The summed E-state index contributed by atoms with van der Waals surface area (Å²) in [4.78, 5) is 17.6. The second-order valence-corrected chi connectivity index (χ2v) is 6.84. The van der Waals surface area contributed by atoms with Crippen LogP contribution in [0.4, 0.5) is 0 Å². The van der Waals surface area contributed by atoms with Gasteiger partial charge in [-0.2, -0.15) is 4.31 Å². The van der Waals surface area contributed by atoms with Crippen LogP contribution in [0.2, 0.25) is 0 Å². The number of sulfonamides is 1. The van der Waals surface area contributed by atoms with E-state index >= 15 is 0 Å². The number of pyridine rings is 1. The Morgan fingerprint density at radius 2 is 2.14 bits per heavy atom. The average Bonchev–Trinajstić information content (AvgIpc) is 2.87. The van der Waals surface area contributed by atoms with Crippen LogP contribution in [-0.4, -0.2) is 29.7 Å². The maximum atomic E-state index is 12.6. The number of hydrogen-bond acceptors (Lipinski definition) is 5. The van der Waals surface area contributed by atoms with Crippen molar-refractivity contribution >= 4 is 21.1 Å². The van der Waals surface area contributed by atoms with Gasteiger partial charge in [-0.15, -0.1) is 0 Å². The Hall–Kier alpha value is -2.45. The topological polar surface area (TPSA) is 96.3 Å². The van der Waals surface area contributed by atoms with Gasteiger partial charge >= 0.3 is 5.76 Å². The van der Waals surface area contributed by atoms with Gasteiger partial charge in [-0.3, -0.25) is 9.97 Å². The fraction of sp³-hybridized carbons (Fsp3) is 0.143.